The van der Waals surface area contributed by atoms with Crippen molar-refractivity contribution in [3.05, 3.63) is 40.9 Å². The molecule has 1 aromatic heterocycles. The minimum Gasteiger partial charge on any atom is -0.339 e. The molecule has 0 N–H and O–H groups in total. The van der Waals surface area contributed by atoms with Crippen molar-refractivity contribution in [3.63, 3.8) is 0 Å². The highest BCUT2D eigenvalue weighted by Crippen LogP contribution is 2.52. The van der Waals surface area contributed by atoms with E-state index in [0.29, 0.717) is 17.9 Å². The molecular weight excluding hydrogens is 428 g/mol. The largest absolute Gasteiger partial charge is 0.339 e. The fraction of sp³-hybridized carbons (Fsp3) is 0.630. The normalized spacial score (nSPS) is 27.8. The molecule has 0 radical (unpaired) electrons. The lowest BCUT2D eigenvalue weighted by Crippen LogP contribution is -2.43. The smallest absolute Gasteiger partial charge is 0.228 e. The Labute approximate surface area is 202 Å². The molecule has 3 fully saturated rings. The second kappa shape index (κ2) is 8.79. The SMILES string of the molecule is CN1CCN(Cc2cccc(-c3nc(CC(=O)N4CC5(C)CC4CC(C)(C)C5)cs3)c2)CC1. The van der Waals surface area contributed by atoms with Crippen LogP contribution in [-0.4, -0.2) is 71.4 Å². The summed E-state index contributed by atoms with van der Waals surface area (Å²) in [5.41, 5.74) is 4.02. The van der Waals surface area contributed by atoms with E-state index in [1.165, 1.54) is 12.0 Å². The van der Waals surface area contributed by atoms with Gasteiger partial charge in [0, 0.05) is 56.3 Å². The van der Waals surface area contributed by atoms with Gasteiger partial charge in [-0.3, -0.25) is 9.69 Å². The first-order valence-electron chi connectivity index (χ1n) is 12.4. The number of carbonyl (C=O) groups excluding carboxylic acids is 1. The summed E-state index contributed by atoms with van der Waals surface area (Å²) in [5.74, 6) is 0.252. The van der Waals surface area contributed by atoms with Crippen LogP contribution in [-0.2, 0) is 17.8 Å². The van der Waals surface area contributed by atoms with Gasteiger partial charge in [-0.25, -0.2) is 4.98 Å². The molecule has 1 aliphatic carbocycles. The highest BCUT2D eigenvalue weighted by molar-refractivity contribution is 7.13. The van der Waals surface area contributed by atoms with Crippen LogP contribution in [0.25, 0.3) is 10.6 Å². The fourth-order valence-corrected chi connectivity index (χ4v) is 7.41. The molecule has 1 amide bonds. The van der Waals surface area contributed by atoms with Crippen LogP contribution in [0.15, 0.2) is 29.6 Å². The third kappa shape index (κ3) is 5.18. The summed E-state index contributed by atoms with van der Waals surface area (Å²) in [4.78, 5) is 25.2. The van der Waals surface area contributed by atoms with Gasteiger partial charge in [-0.1, -0.05) is 39.0 Å². The lowest BCUT2D eigenvalue weighted by atomic mass is 9.65. The van der Waals surface area contributed by atoms with Crippen LogP contribution < -0.4 is 0 Å². The summed E-state index contributed by atoms with van der Waals surface area (Å²) in [6.45, 7) is 13.5. The Hall–Kier alpha value is -1.76. The number of thiazole rings is 1. The molecule has 1 saturated carbocycles. The van der Waals surface area contributed by atoms with Crippen molar-refractivity contribution in [3.8, 4) is 10.6 Å². The topological polar surface area (TPSA) is 39.7 Å². The summed E-state index contributed by atoms with van der Waals surface area (Å²) < 4.78 is 0. The van der Waals surface area contributed by atoms with Crippen molar-refractivity contribution in [2.45, 2.75) is 59.0 Å². The van der Waals surface area contributed by atoms with Gasteiger partial charge in [-0.05, 0) is 48.8 Å². The van der Waals surface area contributed by atoms with Gasteiger partial charge in [0.2, 0.25) is 5.91 Å². The number of hydrogen-bond donors (Lipinski definition) is 0. The number of likely N-dealkylation sites (tertiary alicyclic amines) is 1. The number of hydrogen-bond acceptors (Lipinski definition) is 5. The zero-order chi connectivity index (χ0) is 23.2. The minimum absolute atomic E-state index is 0.252. The van der Waals surface area contributed by atoms with Crippen LogP contribution in [0, 0.1) is 10.8 Å². The van der Waals surface area contributed by atoms with Gasteiger partial charge in [0.05, 0.1) is 12.1 Å². The number of benzene rings is 1. The minimum atomic E-state index is 0.252. The summed E-state index contributed by atoms with van der Waals surface area (Å²) in [6, 6.07) is 9.17. The van der Waals surface area contributed by atoms with Crippen LogP contribution in [0.3, 0.4) is 0 Å². The predicted octanol–water partition coefficient (Wildman–Crippen LogP) is 4.53. The summed E-state index contributed by atoms with van der Waals surface area (Å²) in [5, 5.41) is 3.10. The molecule has 2 aliphatic heterocycles. The maximum atomic E-state index is 13.2. The maximum Gasteiger partial charge on any atom is 0.228 e. The van der Waals surface area contributed by atoms with Crippen molar-refractivity contribution in [2.75, 3.05) is 39.8 Å². The van der Waals surface area contributed by atoms with E-state index in [4.69, 9.17) is 4.98 Å². The van der Waals surface area contributed by atoms with E-state index in [1.807, 2.05) is 0 Å². The molecule has 2 unspecified atom stereocenters. The quantitative estimate of drug-likeness (QED) is 0.649. The molecule has 2 bridgehead atoms. The Bertz CT molecular complexity index is 1010. The molecule has 3 heterocycles. The molecule has 0 spiro atoms. The molecule has 33 heavy (non-hydrogen) atoms. The monoisotopic (exact) mass is 466 g/mol. The molecule has 2 aromatic rings. The van der Waals surface area contributed by atoms with Gasteiger partial charge in [0.1, 0.15) is 5.01 Å². The van der Waals surface area contributed by atoms with Gasteiger partial charge in [-0.15, -0.1) is 11.3 Å². The maximum absolute atomic E-state index is 13.2. The molecule has 2 saturated heterocycles. The van der Waals surface area contributed by atoms with E-state index >= 15 is 0 Å². The molecule has 5 nitrogen and oxygen atoms in total. The van der Waals surface area contributed by atoms with Crippen molar-refractivity contribution in [2.24, 2.45) is 10.8 Å². The van der Waals surface area contributed by atoms with E-state index < -0.39 is 0 Å². The Morgan fingerprint density at radius 3 is 2.73 bits per heavy atom. The molecule has 1 aromatic carbocycles. The number of fused-ring (bicyclic) bond motifs is 2. The number of carbonyl (C=O) groups is 1. The molecule has 178 valence electrons. The first kappa shape index (κ1) is 23.0. The average Bonchev–Trinajstić information content (AvgIpc) is 3.31. The summed E-state index contributed by atoms with van der Waals surface area (Å²) in [6.07, 6.45) is 3.91. The highest BCUT2D eigenvalue weighted by atomic mass is 32.1. The van der Waals surface area contributed by atoms with E-state index in [9.17, 15) is 4.79 Å². The molecule has 2 atom stereocenters. The summed E-state index contributed by atoms with van der Waals surface area (Å²) in [7, 11) is 2.19. The van der Waals surface area contributed by atoms with Gasteiger partial charge in [-0.2, -0.15) is 0 Å². The summed E-state index contributed by atoms with van der Waals surface area (Å²) >= 11 is 1.66. The Balaban J connectivity index is 1.23. The Morgan fingerprint density at radius 1 is 1.15 bits per heavy atom. The van der Waals surface area contributed by atoms with E-state index in [1.54, 1.807) is 11.3 Å². The van der Waals surface area contributed by atoms with E-state index in [0.717, 1.165) is 68.4 Å². The third-order valence-corrected chi connectivity index (χ3v) is 8.74. The fourth-order valence-electron chi connectivity index (χ4n) is 6.60. The Kier molecular flexibility index (Phi) is 6.13. The molecule has 5 rings (SSSR count). The Morgan fingerprint density at radius 2 is 1.94 bits per heavy atom. The predicted molar refractivity (Wildman–Crippen MR) is 135 cm³/mol. The van der Waals surface area contributed by atoms with Gasteiger partial charge < -0.3 is 9.80 Å². The van der Waals surface area contributed by atoms with E-state index in [2.05, 4.69) is 72.2 Å². The third-order valence-electron chi connectivity index (χ3n) is 7.80. The van der Waals surface area contributed by atoms with Crippen molar-refractivity contribution >= 4 is 17.2 Å². The van der Waals surface area contributed by atoms with Crippen molar-refractivity contribution in [1.29, 1.82) is 0 Å². The average molecular weight is 467 g/mol. The first-order chi connectivity index (χ1) is 15.7. The van der Waals surface area contributed by atoms with Gasteiger partial charge in [0.25, 0.3) is 0 Å². The van der Waals surface area contributed by atoms with Gasteiger partial charge in [0.15, 0.2) is 0 Å². The number of likely N-dealkylation sites (N-methyl/N-ethyl adjacent to an activating group) is 1. The lowest BCUT2D eigenvalue weighted by molar-refractivity contribution is -0.131. The number of amides is 1. The zero-order valence-electron chi connectivity index (χ0n) is 20.6. The standard InChI is InChI=1S/C27H38N4OS/c1-26(2)14-23-15-27(3,18-26)19-31(23)24(32)13-22-17-33-25(28-22)21-7-5-6-20(12-21)16-30-10-8-29(4)9-11-30/h5-7,12,17,23H,8-11,13-16,18-19H2,1-4H3. The number of aromatic nitrogens is 1. The lowest BCUT2D eigenvalue weighted by Gasteiger charge is -2.39. The van der Waals surface area contributed by atoms with Crippen molar-refractivity contribution in [1.82, 2.24) is 19.7 Å². The molecule has 6 heteroatoms. The number of nitrogens with zero attached hydrogens (tertiary/aromatic N) is 4. The van der Waals surface area contributed by atoms with Gasteiger partial charge >= 0.3 is 0 Å². The van der Waals surface area contributed by atoms with Crippen LogP contribution in [0.1, 0.15) is 51.3 Å². The highest BCUT2D eigenvalue weighted by Gasteiger charge is 2.50. The van der Waals surface area contributed by atoms with Crippen LogP contribution >= 0.6 is 11.3 Å². The van der Waals surface area contributed by atoms with Crippen LogP contribution in [0.4, 0.5) is 0 Å². The second-order valence-corrected chi connectivity index (χ2v) is 12.7. The van der Waals surface area contributed by atoms with Crippen molar-refractivity contribution < 1.29 is 4.79 Å². The number of rotatable bonds is 5. The molecular formula is C27H38N4OS. The number of piperazine rings is 1. The zero-order valence-corrected chi connectivity index (χ0v) is 21.5. The van der Waals surface area contributed by atoms with Crippen LogP contribution in [0.5, 0.6) is 0 Å². The van der Waals surface area contributed by atoms with E-state index in [-0.39, 0.29) is 11.3 Å². The molecule has 3 aliphatic rings. The first-order valence-corrected chi connectivity index (χ1v) is 13.3. The van der Waals surface area contributed by atoms with Crippen LogP contribution in [0.2, 0.25) is 0 Å². The second-order valence-electron chi connectivity index (χ2n) is 11.8.